The highest BCUT2D eigenvalue weighted by Gasteiger charge is 2.42. The molecule has 8 nitrogen and oxygen atoms in total. The maximum atomic E-state index is 13.1. The summed E-state index contributed by atoms with van der Waals surface area (Å²) in [6.07, 6.45) is 1.85. The fraction of sp³-hybridized carbons (Fsp3) is 0.241. The molecule has 0 aliphatic carbocycles. The van der Waals surface area contributed by atoms with Crippen molar-refractivity contribution in [3.8, 4) is 11.8 Å². The molecule has 1 atom stereocenters. The number of rotatable bonds is 7. The van der Waals surface area contributed by atoms with Gasteiger partial charge in [0.25, 0.3) is 5.91 Å². The van der Waals surface area contributed by atoms with Crippen LogP contribution in [0.1, 0.15) is 30.2 Å². The molecule has 2 heterocycles. The Kier molecular flexibility index (Phi) is 7.96. The molecule has 1 unspecified atom stereocenters. The number of nitrogens with one attached hydrogen (secondary N) is 1. The first-order chi connectivity index (χ1) is 17.9. The van der Waals surface area contributed by atoms with Crippen molar-refractivity contribution in [1.29, 1.82) is 0 Å². The SMILES string of the molecule is CCC1(OCc2ccccc2)C=C(C(=O)NCc2cc3ccccc3nc2C#CC(=O)OC)COC1=O. The molecule has 0 fully saturated rings. The van der Waals surface area contributed by atoms with E-state index < -0.39 is 23.4 Å². The molecule has 1 amide bonds. The highest BCUT2D eigenvalue weighted by atomic mass is 16.6. The summed E-state index contributed by atoms with van der Waals surface area (Å²) in [5, 5.41) is 3.71. The number of para-hydroxylation sites is 1. The number of pyridine rings is 1. The molecule has 1 N–H and O–H groups in total. The fourth-order valence-corrected chi connectivity index (χ4v) is 3.87. The van der Waals surface area contributed by atoms with Crippen molar-refractivity contribution in [2.24, 2.45) is 0 Å². The van der Waals surface area contributed by atoms with Crippen molar-refractivity contribution in [3.05, 3.63) is 89.1 Å². The van der Waals surface area contributed by atoms with E-state index in [1.807, 2.05) is 60.7 Å². The number of fused-ring (bicyclic) bond motifs is 1. The summed E-state index contributed by atoms with van der Waals surface area (Å²) >= 11 is 0. The number of methoxy groups -OCH3 is 1. The smallest absolute Gasteiger partial charge is 0.384 e. The Bertz CT molecular complexity index is 1420. The summed E-state index contributed by atoms with van der Waals surface area (Å²) in [6, 6.07) is 18.8. The van der Waals surface area contributed by atoms with Crippen molar-refractivity contribution in [1.82, 2.24) is 10.3 Å². The van der Waals surface area contributed by atoms with E-state index in [4.69, 9.17) is 9.47 Å². The van der Waals surface area contributed by atoms with Gasteiger partial charge in [-0.05, 0) is 36.1 Å². The van der Waals surface area contributed by atoms with Crippen molar-refractivity contribution in [3.63, 3.8) is 0 Å². The number of ether oxygens (including phenoxy) is 3. The van der Waals surface area contributed by atoms with E-state index in [0.29, 0.717) is 23.2 Å². The Morgan fingerprint density at radius 1 is 1.14 bits per heavy atom. The Hall–Kier alpha value is -4.48. The van der Waals surface area contributed by atoms with Crippen LogP contribution in [0.25, 0.3) is 10.9 Å². The number of hydrogen-bond donors (Lipinski definition) is 1. The number of nitrogens with zero attached hydrogens (tertiary/aromatic N) is 1. The fourth-order valence-electron chi connectivity index (χ4n) is 3.87. The number of hydrogen-bond acceptors (Lipinski definition) is 7. The summed E-state index contributed by atoms with van der Waals surface area (Å²) in [6.45, 7) is 1.93. The van der Waals surface area contributed by atoms with E-state index in [2.05, 4.69) is 26.9 Å². The van der Waals surface area contributed by atoms with E-state index in [-0.39, 0.29) is 25.3 Å². The van der Waals surface area contributed by atoms with Gasteiger partial charge in [-0.1, -0.05) is 55.5 Å². The van der Waals surface area contributed by atoms with Crippen LogP contribution in [0.5, 0.6) is 0 Å². The average molecular weight is 499 g/mol. The van der Waals surface area contributed by atoms with Gasteiger partial charge in [0.2, 0.25) is 0 Å². The molecule has 8 heteroatoms. The minimum atomic E-state index is -1.36. The first kappa shape index (κ1) is 25.6. The third kappa shape index (κ3) is 6.02. The number of cyclic esters (lactones) is 1. The molecule has 0 saturated heterocycles. The second-order valence-corrected chi connectivity index (χ2v) is 8.38. The number of esters is 2. The molecule has 2 aromatic carbocycles. The molecule has 4 rings (SSSR count). The minimum absolute atomic E-state index is 0.0944. The van der Waals surface area contributed by atoms with Gasteiger partial charge >= 0.3 is 11.9 Å². The number of carbonyl (C=O) groups is 3. The molecule has 37 heavy (non-hydrogen) atoms. The van der Waals surface area contributed by atoms with E-state index in [0.717, 1.165) is 10.9 Å². The van der Waals surface area contributed by atoms with Gasteiger partial charge in [0.05, 0.1) is 24.8 Å². The number of aromatic nitrogens is 1. The maximum Gasteiger partial charge on any atom is 0.384 e. The van der Waals surface area contributed by atoms with Gasteiger partial charge in [-0.15, -0.1) is 0 Å². The Morgan fingerprint density at radius 2 is 1.89 bits per heavy atom. The summed E-state index contributed by atoms with van der Waals surface area (Å²) in [5.41, 5.74) is 1.50. The Morgan fingerprint density at radius 3 is 2.65 bits per heavy atom. The second-order valence-electron chi connectivity index (χ2n) is 8.38. The van der Waals surface area contributed by atoms with Crippen molar-refractivity contribution in [2.45, 2.75) is 32.1 Å². The molecule has 1 aliphatic rings. The van der Waals surface area contributed by atoms with Gasteiger partial charge in [-0.3, -0.25) is 4.79 Å². The van der Waals surface area contributed by atoms with Crippen LogP contribution in [-0.2, 0) is 41.7 Å². The number of amides is 1. The van der Waals surface area contributed by atoms with Crippen LogP contribution in [0.2, 0.25) is 0 Å². The zero-order valence-corrected chi connectivity index (χ0v) is 20.6. The van der Waals surface area contributed by atoms with Crippen LogP contribution in [0, 0.1) is 11.8 Å². The standard InChI is InChI=1S/C29H26N2O6/c1-3-29(37-18-20-9-5-4-6-10-20)16-23(19-36-28(29)34)27(33)30-17-22-15-21-11-7-8-12-24(21)31-25(22)13-14-26(32)35-2/h4-12,15-16H,3,17-19H2,1-2H3,(H,30,33). The number of carbonyl (C=O) groups excluding carboxylic acids is 3. The molecule has 0 radical (unpaired) electrons. The Labute approximate surface area is 214 Å². The van der Waals surface area contributed by atoms with E-state index >= 15 is 0 Å². The second kappa shape index (κ2) is 11.5. The van der Waals surface area contributed by atoms with Crippen molar-refractivity contribution >= 4 is 28.7 Å². The van der Waals surface area contributed by atoms with Gasteiger partial charge in [0, 0.05) is 23.4 Å². The van der Waals surface area contributed by atoms with Gasteiger partial charge < -0.3 is 19.5 Å². The first-order valence-electron chi connectivity index (χ1n) is 11.8. The number of benzene rings is 2. The van der Waals surface area contributed by atoms with E-state index in [1.165, 1.54) is 7.11 Å². The predicted octanol–water partition coefficient (Wildman–Crippen LogP) is 3.22. The Balaban J connectivity index is 1.54. The van der Waals surface area contributed by atoms with E-state index in [1.54, 1.807) is 13.0 Å². The lowest BCUT2D eigenvalue weighted by Gasteiger charge is -2.32. The third-order valence-corrected chi connectivity index (χ3v) is 5.98. The average Bonchev–Trinajstić information content (AvgIpc) is 2.94. The van der Waals surface area contributed by atoms with Gasteiger partial charge in [0.1, 0.15) is 12.3 Å². The molecule has 0 bridgehead atoms. The lowest BCUT2D eigenvalue weighted by Crippen LogP contribution is -2.46. The summed E-state index contributed by atoms with van der Waals surface area (Å²) in [5.74, 6) is 3.49. The summed E-state index contributed by atoms with van der Waals surface area (Å²) in [7, 11) is 1.25. The molecule has 0 saturated carbocycles. The summed E-state index contributed by atoms with van der Waals surface area (Å²) in [4.78, 5) is 41.8. The topological polar surface area (TPSA) is 104 Å². The summed E-state index contributed by atoms with van der Waals surface area (Å²) < 4.78 is 15.9. The third-order valence-electron chi connectivity index (χ3n) is 5.98. The largest absolute Gasteiger partial charge is 0.459 e. The van der Waals surface area contributed by atoms with Crippen molar-refractivity contribution < 1.29 is 28.6 Å². The van der Waals surface area contributed by atoms with Gasteiger partial charge in [-0.25, -0.2) is 14.6 Å². The van der Waals surface area contributed by atoms with Gasteiger partial charge in [0.15, 0.2) is 5.60 Å². The zero-order chi connectivity index (χ0) is 26.3. The molecular weight excluding hydrogens is 472 g/mol. The lowest BCUT2D eigenvalue weighted by atomic mass is 9.94. The quantitative estimate of drug-likeness (QED) is 0.394. The van der Waals surface area contributed by atoms with Crippen LogP contribution < -0.4 is 5.32 Å². The van der Waals surface area contributed by atoms with Crippen molar-refractivity contribution in [2.75, 3.05) is 13.7 Å². The molecule has 1 aromatic heterocycles. The van der Waals surface area contributed by atoms with Crippen LogP contribution in [0.4, 0.5) is 0 Å². The molecule has 1 aliphatic heterocycles. The highest BCUT2D eigenvalue weighted by molar-refractivity contribution is 5.97. The van der Waals surface area contributed by atoms with Crippen LogP contribution in [0.3, 0.4) is 0 Å². The van der Waals surface area contributed by atoms with Gasteiger partial charge in [-0.2, -0.15) is 0 Å². The predicted molar refractivity (Wildman–Crippen MR) is 136 cm³/mol. The normalized spacial score (nSPS) is 16.7. The first-order valence-corrected chi connectivity index (χ1v) is 11.8. The monoisotopic (exact) mass is 498 g/mol. The molecule has 0 spiro atoms. The zero-order valence-electron chi connectivity index (χ0n) is 20.6. The molecular formula is C29H26N2O6. The maximum absolute atomic E-state index is 13.1. The van der Waals surface area contributed by atoms with E-state index in [9.17, 15) is 14.4 Å². The molecule has 3 aromatic rings. The van der Waals surface area contributed by atoms with Crippen LogP contribution >= 0.6 is 0 Å². The minimum Gasteiger partial charge on any atom is -0.459 e. The van der Waals surface area contributed by atoms with Crippen LogP contribution in [-0.4, -0.2) is 42.1 Å². The lowest BCUT2D eigenvalue weighted by molar-refractivity contribution is -0.170. The van der Waals surface area contributed by atoms with Crippen LogP contribution in [0.15, 0.2) is 72.3 Å². The highest BCUT2D eigenvalue weighted by Crippen LogP contribution is 2.28. The molecule has 188 valence electrons.